The third kappa shape index (κ3) is 1.15. The summed E-state index contributed by atoms with van der Waals surface area (Å²) in [5.41, 5.74) is 22.7. The minimum Gasteiger partial charge on any atom is -0.398 e. The Bertz CT molecular complexity index is 519. The molecule has 0 saturated carbocycles. The molecule has 1 unspecified atom stereocenters. The lowest BCUT2D eigenvalue weighted by atomic mass is 9.95. The second-order valence-corrected chi connectivity index (χ2v) is 4.04. The molecule has 0 radical (unpaired) electrons. The van der Waals surface area contributed by atoms with Gasteiger partial charge >= 0.3 is 0 Å². The summed E-state index contributed by atoms with van der Waals surface area (Å²) in [6.45, 7) is 3.79. The molecule has 0 aliphatic heterocycles. The summed E-state index contributed by atoms with van der Waals surface area (Å²) in [6, 6.07) is -0.561. The summed E-state index contributed by atoms with van der Waals surface area (Å²) in [4.78, 5) is 10.6. The van der Waals surface area contributed by atoms with Crippen LogP contribution in [0.4, 0.5) is 11.4 Å². The molecule has 1 aliphatic carbocycles. The Labute approximate surface area is 93.3 Å². The van der Waals surface area contributed by atoms with Crippen molar-refractivity contribution in [2.45, 2.75) is 19.9 Å². The number of rotatable bonds is 1. The van der Waals surface area contributed by atoms with Crippen LogP contribution in [0.2, 0.25) is 0 Å². The Balaban J connectivity index is 2.79. The molecule has 1 aromatic carbocycles. The highest BCUT2D eigenvalue weighted by Crippen LogP contribution is 2.43. The maximum atomic E-state index is 10.6. The van der Waals surface area contributed by atoms with Gasteiger partial charge in [-0.15, -0.1) is 4.91 Å². The average Bonchev–Trinajstić information content (AvgIpc) is 2.61. The van der Waals surface area contributed by atoms with Crippen LogP contribution in [0.3, 0.4) is 0 Å². The Morgan fingerprint density at radius 3 is 2.31 bits per heavy atom. The van der Waals surface area contributed by atoms with Crippen molar-refractivity contribution < 1.29 is 0 Å². The fraction of sp³-hybridized carbons (Fsp3) is 0.273. The molecule has 0 saturated heterocycles. The normalized spacial score (nSPS) is 18.2. The Hall–Kier alpha value is -1.88. The molecule has 0 fully saturated rings. The fourth-order valence-corrected chi connectivity index (χ4v) is 2.06. The van der Waals surface area contributed by atoms with E-state index in [1.165, 1.54) is 0 Å². The lowest BCUT2D eigenvalue weighted by Gasteiger charge is -2.16. The van der Waals surface area contributed by atoms with E-state index in [2.05, 4.69) is 5.18 Å². The van der Waals surface area contributed by atoms with Gasteiger partial charge in [-0.2, -0.15) is 0 Å². The molecule has 16 heavy (non-hydrogen) atoms. The monoisotopic (exact) mass is 218 g/mol. The van der Waals surface area contributed by atoms with Crippen molar-refractivity contribution in [2.75, 3.05) is 11.5 Å². The van der Waals surface area contributed by atoms with Gasteiger partial charge in [-0.3, -0.25) is 0 Å². The zero-order valence-corrected chi connectivity index (χ0v) is 9.24. The smallest absolute Gasteiger partial charge is 0.107 e. The number of fused-ring (bicyclic) bond motifs is 1. The van der Waals surface area contributed by atoms with Gasteiger partial charge in [0.2, 0.25) is 0 Å². The first kappa shape index (κ1) is 10.6. The van der Waals surface area contributed by atoms with Crippen LogP contribution in [0.5, 0.6) is 0 Å². The Kier molecular flexibility index (Phi) is 2.20. The highest BCUT2D eigenvalue weighted by atomic mass is 16.3. The van der Waals surface area contributed by atoms with E-state index in [1.54, 1.807) is 6.08 Å². The highest BCUT2D eigenvalue weighted by Gasteiger charge is 2.28. The lowest BCUT2D eigenvalue weighted by molar-refractivity contribution is 0.856. The largest absolute Gasteiger partial charge is 0.398 e. The number of benzene rings is 1. The molecule has 0 amide bonds. The van der Waals surface area contributed by atoms with Crippen LogP contribution in [0.25, 0.3) is 6.08 Å². The van der Waals surface area contributed by atoms with Gasteiger partial charge in [-0.25, -0.2) is 0 Å². The Morgan fingerprint density at radius 1 is 1.19 bits per heavy atom. The van der Waals surface area contributed by atoms with Crippen LogP contribution in [-0.4, -0.2) is 0 Å². The molecule has 2 rings (SSSR count). The van der Waals surface area contributed by atoms with Crippen molar-refractivity contribution in [3.8, 4) is 0 Å². The first-order valence-electron chi connectivity index (χ1n) is 4.97. The number of nitrogen functional groups attached to an aromatic ring is 2. The second-order valence-electron chi connectivity index (χ2n) is 4.04. The van der Waals surface area contributed by atoms with Crippen LogP contribution < -0.4 is 17.2 Å². The SMILES string of the molecule is Cc1c(C)c(N)c2c(c1N)C=C(N=O)C2N. The molecule has 5 nitrogen and oxygen atoms in total. The van der Waals surface area contributed by atoms with Crippen molar-refractivity contribution in [3.05, 3.63) is 32.9 Å². The minimum atomic E-state index is -0.561. The summed E-state index contributed by atoms with van der Waals surface area (Å²) in [5, 5.41) is 2.90. The number of hydrogen-bond donors (Lipinski definition) is 3. The van der Waals surface area contributed by atoms with Crippen molar-refractivity contribution in [1.29, 1.82) is 0 Å². The maximum absolute atomic E-state index is 10.6. The predicted molar refractivity (Wildman–Crippen MR) is 65.4 cm³/mol. The highest BCUT2D eigenvalue weighted by molar-refractivity contribution is 5.84. The zero-order chi connectivity index (χ0) is 12.0. The molecule has 1 atom stereocenters. The molecule has 6 N–H and O–H groups in total. The van der Waals surface area contributed by atoms with Crippen LogP contribution in [-0.2, 0) is 0 Å². The van der Waals surface area contributed by atoms with Gasteiger partial charge in [0, 0.05) is 22.5 Å². The molecule has 84 valence electrons. The van der Waals surface area contributed by atoms with E-state index >= 15 is 0 Å². The molecule has 0 spiro atoms. The molecular formula is C11H14N4O. The summed E-state index contributed by atoms with van der Waals surface area (Å²) >= 11 is 0. The van der Waals surface area contributed by atoms with Crippen LogP contribution in [0, 0.1) is 18.8 Å². The van der Waals surface area contributed by atoms with Crippen LogP contribution in [0.1, 0.15) is 28.3 Å². The topological polar surface area (TPSA) is 107 Å². The van der Waals surface area contributed by atoms with E-state index in [9.17, 15) is 4.91 Å². The lowest BCUT2D eigenvalue weighted by Crippen LogP contribution is -2.13. The van der Waals surface area contributed by atoms with Crippen LogP contribution in [0.15, 0.2) is 10.9 Å². The molecule has 0 bridgehead atoms. The average molecular weight is 218 g/mol. The Morgan fingerprint density at radius 2 is 1.75 bits per heavy atom. The minimum absolute atomic E-state index is 0.276. The second kappa shape index (κ2) is 3.31. The number of nitrogens with zero attached hydrogens (tertiary/aromatic N) is 1. The standard InChI is InChI=1S/C11H14N4O/c1-4-5(2)10(13)8-6(9(4)12)3-7(15-16)11(8)14/h3,11H,12-14H2,1-2H3. The third-order valence-corrected chi connectivity index (χ3v) is 3.27. The summed E-state index contributed by atoms with van der Waals surface area (Å²) < 4.78 is 0. The van der Waals surface area contributed by atoms with E-state index in [-0.39, 0.29) is 5.70 Å². The van der Waals surface area contributed by atoms with Crippen molar-refractivity contribution in [2.24, 2.45) is 10.9 Å². The van der Waals surface area contributed by atoms with E-state index in [4.69, 9.17) is 17.2 Å². The van der Waals surface area contributed by atoms with E-state index in [0.717, 1.165) is 22.3 Å². The van der Waals surface area contributed by atoms with Gasteiger partial charge < -0.3 is 17.2 Å². The van der Waals surface area contributed by atoms with E-state index < -0.39 is 6.04 Å². The van der Waals surface area contributed by atoms with E-state index in [0.29, 0.717) is 11.4 Å². The molecule has 5 heteroatoms. The molecule has 1 aliphatic rings. The zero-order valence-electron chi connectivity index (χ0n) is 9.24. The van der Waals surface area contributed by atoms with Gasteiger partial charge in [-0.1, -0.05) is 0 Å². The van der Waals surface area contributed by atoms with Gasteiger partial charge in [0.05, 0.1) is 6.04 Å². The van der Waals surface area contributed by atoms with Gasteiger partial charge in [0.1, 0.15) is 5.70 Å². The number of nitrogens with two attached hydrogens (primary N) is 3. The van der Waals surface area contributed by atoms with Crippen molar-refractivity contribution in [3.63, 3.8) is 0 Å². The van der Waals surface area contributed by atoms with Gasteiger partial charge in [0.15, 0.2) is 0 Å². The number of nitroso groups, excluding NO2 is 1. The number of hydrogen-bond acceptors (Lipinski definition) is 5. The first-order chi connectivity index (χ1) is 7.49. The predicted octanol–water partition coefficient (Wildman–Crippen LogP) is 1.59. The summed E-state index contributed by atoms with van der Waals surface area (Å²) in [6.07, 6.45) is 1.62. The quantitative estimate of drug-likeness (QED) is 0.491. The van der Waals surface area contributed by atoms with Crippen LogP contribution >= 0.6 is 0 Å². The number of anilines is 2. The fourth-order valence-electron chi connectivity index (χ4n) is 2.06. The van der Waals surface area contributed by atoms with Gasteiger partial charge in [0.25, 0.3) is 0 Å². The summed E-state index contributed by atoms with van der Waals surface area (Å²) in [5.74, 6) is 0. The molecule has 1 aromatic rings. The van der Waals surface area contributed by atoms with Crippen molar-refractivity contribution in [1.82, 2.24) is 0 Å². The molecule has 0 heterocycles. The van der Waals surface area contributed by atoms with Gasteiger partial charge in [-0.05, 0) is 36.2 Å². The van der Waals surface area contributed by atoms with Crippen molar-refractivity contribution >= 4 is 17.5 Å². The maximum Gasteiger partial charge on any atom is 0.107 e. The third-order valence-electron chi connectivity index (χ3n) is 3.27. The van der Waals surface area contributed by atoms with E-state index in [1.807, 2.05) is 13.8 Å². The molecular weight excluding hydrogens is 204 g/mol. The molecule has 0 aromatic heterocycles. The first-order valence-corrected chi connectivity index (χ1v) is 4.97. The summed E-state index contributed by atoms with van der Waals surface area (Å²) in [7, 11) is 0.